The van der Waals surface area contributed by atoms with E-state index in [4.69, 9.17) is 5.11 Å². The summed E-state index contributed by atoms with van der Waals surface area (Å²) in [7, 11) is 2.18. The third kappa shape index (κ3) is 4.66. The van der Waals surface area contributed by atoms with E-state index < -0.39 is 0 Å². The summed E-state index contributed by atoms with van der Waals surface area (Å²) >= 11 is 0. The normalized spacial score (nSPS) is 16.6. The van der Waals surface area contributed by atoms with Crippen molar-refractivity contribution in [3.05, 3.63) is 42.0 Å². The van der Waals surface area contributed by atoms with E-state index in [1.54, 1.807) is 12.7 Å². The van der Waals surface area contributed by atoms with Crippen molar-refractivity contribution in [3.8, 4) is 5.69 Å². The second-order valence-electron chi connectivity index (χ2n) is 7.03. The van der Waals surface area contributed by atoms with Gasteiger partial charge in [-0.2, -0.15) is 5.10 Å². The Morgan fingerprint density at radius 2 is 2.08 bits per heavy atom. The zero-order chi connectivity index (χ0) is 17.6. The lowest BCUT2D eigenvalue weighted by atomic mass is 10.0. The van der Waals surface area contributed by atoms with Crippen LogP contribution < -0.4 is 0 Å². The molecule has 25 heavy (non-hydrogen) atoms. The zero-order valence-electron chi connectivity index (χ0n) is 15.3. The van der Waals surface area contributed by atoms with Gasteiger partial charge in [0.2, 0.25) is 0 Å². The number of hydrogen-bond acceptors (Lipinski definition) is 5. The van der Waals surface area contributed by atoms with Crippen LogP contribution in [0.3, 0.4) is 0 Å². The number of likely N-dealkylation sites (tertiary alicyclic amines) is 1. The van der Waals surface area contributed by atoms with Gasteiger partial charge in [-0.15, -0.1) is 0 Å². The number of aliphatic hydroxyl groups is 1. The quantitative estimate of drug-likeness (QED) is 0.831. The molecular weight excluding hydrogens is 314 g/mol. The Kier molecular flexibility index (Phi) is 6.18. The van der Waals surface area contributed by atoms with Gasteiger partial charge in [-0.1, -0.05) is 12.1 Å². The molecule has 3 rings (SSSR count). The molecule has 1 N–H and O–H groups in total. The van der Waals surface area contributed by atoms with E-state index in [-0.39, 0.29) is 6.61 Å². The molecule has 0 saturated carbocycles. The van der Waals surface area contributed by atoms with Crippen LogP contribution in [-0.4, -0.2) is 69.0 Å². The molecule has 0 radical (unpaired) electrons. The molecule has 0 unspecified atom stereocenters. The highest BCUT2D eigenvalue weighted by atomic mass is 16.3. The van der Waals surface area contributed by atoms with Crippen molar-refractivity contribution < 1.29 is 5.11 Å². The average molecular weight is 343 g/mol. The average Bonchev–Trinajstić information content (AvgIpc) is 3.15. The SMILES string of the molecule is Cc1cc(CN2CCC(N(C)CCCO)CC2)ccc1-n1cncn1. The van der Waals surface area contributed by atoms with Crippen molar-refractivity contribution in [1.82, 2.24) is 24.6 Å². The fourth-order valence-electron chi connectivity index (χ4n) is 3.68. The lowest BCUT2D eigenvalue weighted by Gasteiger charge is -2.36. The van der Waals surface area contributed by atoms with Crippen molar-refractivity contribution in [2.75, 3.05) is 33.3 Å². The van der Waals surface area contributed by atoms with Gasteiger partial charge in [0, 0.05) is 25.7 Å². The van der Waals surface area contributed by atoms with E-state index in [0.717, 1.165) is 38.3 Å². The van der Waals surface area contributed by atoms with Crippen LogP contribution in [0.2, 0.25) is 0 Å². The Hall–Kier alpha value is -1.76. The Labute approximate surface area is 150 Å². The van der Waals surface area contributed by atoms with E-state index in [1.807, 2.05) is 4.68 Å². The van der Waals surface area contributed by atoms with Gasteiger partial charge in [0.15, 0.2) is 0 Å². The summed E-state index contributed by atoms with van der Waals surface area (Å²) in [5, 5.41) is 13.2. The highest BCUT2D eigenvalue weighted by Crippen LogP contribution is 2.20. The highest BCUT2D eigenvalue weighted by molar-refractivity contribution is 5.41. The first kappa shape index (κ1) is 18.0. The maximum absolute atomic E-state index is 8.98. The monoisotopic (exact) mass is 343 g/mol. The fourth-order valence-corrected chi connectivity index (χ4v) is 3.68. The summed E-state index contributed by atoms with van der Waals surface area (Å²) in [5.74, 6) is 0. The minimum absolute atomic E-state index is 0.285. The molecule has 2 heterocycles. The first-order chi connectivity index (χ1) is 12.2. The Bertz CT molecular complexity index is 650. The second kappa shape index (κ2) is 8.56. The van der Waals surface area contributed by atoms with Gasteiger partial charge in [-0.05, 0) is 63.5 Å². The molecular formula is C19H29N5O. The van der Waals surface area contributed by atoms with Crippen molar-refractivity contribution in [2.45, 2.75) is 38.8 Å². The third-order valence-electron chi connectivity index (χ3n) is 5.18. The first-order valence-corrected chi connectivity index (χ1v) is 9.15. The first-order valence-electron chi connectivity index (χ1n) is 9.15. The van der Waals surface area contributed by atoms with Gasteiger partial charge in [-0.3, -0.25) is 4.90 Å². The molecule has 0 bridgehead atoms. The Morgan fingerprint density at radius 3 is 2.72 bits per heavy atom. The molecule has 1 fully saturated rings. The van der Waals surface area contributed by atoms with E-state index in [9.17, 15) is 0 Å². The van der Waals surface area contributed by atoms with Crippen molar-refractivity contribution in [1.29, 1.82) is 0 Å². The van der Waals surface area contributed by atoms with Gasteiger partial charge in [-0.25, -0.2) is 9.67 Å². The third-order valence-corrected chi connectivity index (χ3v) is 5.18. The minimum atomic E-state index is 0.285. The molecule has 2 aromatic rings. The van der Waals surface area contributed by atoms with Crippen molar-refractivity contribution in [2.24, 2.45) is 0 Å². The summed E-state index contributed by atoms with van der Waals surface area (Å²) in [6.45, 7) is 6.68. The van der Waals surface area contributed by atoms with Gasteiger partial charge in [0.05, 0.1) is 5.69 Å². The topological polar surface area (TPSA) is 57.4 Å². The van der Waals surface area contributed by atoms with Gasteiger partial charge in [0.25, 0.3) is 0 Å². The minimum Gasteiger partial charge on any atom is -0.396 e. The fraction of sp³-hybridized carbons (Fsp3) is 0.579. The number of aliphatic hydroxyl groups excluding tert-OH is 1. The van der Waals surface area contributed by atoms with E-state index in [0.29, 0.717) is 6.04 Å². The number of rotatable bonds is 7. The van der Waals surface area contributed by atoms with Crippen LogP contribution in [0.1, 0.15) is 30.4 Å². The standard InChI is InChI=1S/C19H29N5O/c1-16-12-17(4-5-19(16)24-15-20-14-21-24)13-23-9-6-18(7-10-23)22(2)8-3-11-25/h4-5,12,14-15,18,25H,3,6-11,13H2,1-2H3. The van der Waals surface area contributed by atoms with Crippen molar-refractivity contribution in [3.63, 3.8) is 0 Å². The van der Waals surface area contributed by atoms with Crippen LogP contribution in [0.15, 0.2) is 30.9 Å². The van der Waals surface area contributed by atoms with Crippen LogP contribution >= 0.6 is 0 Å². The smallest absolute Gasteiger partial charge is 0.138 e. The number of nitrogens with zero attached hydrogens (tertiary/aromatic N) is 5. The molecule has 1 aromatic heterocycles. The number of hydrogen-bond donors (Lipinski definition) is 1. The van der Waals surface area contributed by atoms with Gasteiger partial charge in [0.1, 0.15) is 12.7 Å². The molecule has 1 aliphatic rings. The lowest BCUT2D eigenvalue weighted by Crippen LogP contribution is -2.43. The van der Waals surface area contributed by atoms with Gasteiger partial charge < -0.3 is 10.0 Å². The number of benzene rings is 1. The molecule has 6 heteroatoms. The maximum Gasteiger partial charge on any atom is 0.138 e. The molecule has 1 aromatic carbocycles. The molecule has 0 atom stereocenters. The highest BCUT2D eigenvalue weighted by Gasteiger charge is 2.22. The van der Waals surface area contributed by atoms with E-state index in [2.05, 4.69) is 52.1 Å². The summed E-state index contributed by atoms with van der Waals surface area (Å²) < 4.78 is 1.81. The van der Waals surface area contributed by atoms with Crippen LogP contribution in [0.25, 0.3) is 5.69 Å². The van der Waals surface area contributed by atoms with Crippen LogP contribution in [0.5, 0.6) is 0 Å². The summed E-state index contributed by atoms with van der Waals surface area (Å²) in [6.07, 6.45) is 6.58. The summed E-state index contributed by atoms with van der Waals surface area (Å²) in [6, 6.07) is 7.24. The lowest BCUT2D eigenvalue weighted by molar-refractivity contribution is 0.117. The maximum atomic E-state index is 8.98. The number of aromatic nitrogens is 3. The predicted molar refractivity (Wildman–Crippen MR) is 98.7 cm³/mol. The number of aryl methyl sites for hydroxylation is 1. The summed E-state index contributed by atoms with van der Waals surface area (Å²) in [5.41, 5.74) is 3.67. The number of piperidine rings is 1. The largest absolute Gasteiger partial charge is 0.396 e. The molecule has 6 nitrogen and oxygen atoms in total. The Balaban J connectivity index is 1.53. The Morgan fingerprint density at radius 1 is 1.28 bits per heavy atom. The van der Waals surface area contributed by atoms with Crippen molar-refractivity contribution >= 4 is 0 Å². The molecule has 1 aliphatic heterocycles. The summed E-state index contributed by atoms with van der Waals surface area (Å²) in [4.78, 5) is 8.97. The molecule has 0 amide bonds. The van der Waals surface area contributed by atoms with Crippen LogP contribution in [-0.2, 0) is 6.54 Å². The van der Waals surface area contributed by atoms with Crippen LogP contribution in [0, 0.1) is 6.92 Å². The molecule has 0 spiro atoms. The zero-order valence-corrected chi connectivity index (χ0v) is 15.3. The molecule has 0 aliphatic carbocycles. The molecule has 1 saturated heterocycles. The molecule has 136 valence electrons. The van der Waals surface area contributed by atoms with Crippen LogP contribution in [0.4, 0.5) is 0 Å². The predicted octanol–water partition coefficient (Wildman–Crippen LogP) is 1.85. The second-order valence-corrected chi connectivity index (χ2v) is 7.03. The van der Waals surface area contributed by atoms with E-state index >= 15 is 0 Å². The van der Waals surface area contributed by atoms with Gasteiger partial charge >= 0.3 is 0 Å². The van der Waals surface area contributed by atoms with E-state index in [1.165, 1.54) is 24.0 Å².